The van der Waals surface area contributed by atoms with Crippen molar-refractivity contribution in [1.82, 2.24) is 10.6 Å². The van der Waals surface area contributed by atoms with E-state index in [0.717, 1.165) is 17.7 Å². The van der Waals surface area contributed by atoms with Gasteiger partial charge in [-0.2, -0.15) is 0 Å². The first kappa shape index (κ1) is 13.5. The molecule has 1 aromatic rings. The first-order chi connectivity index (χ1) is 9.20. The lowest BCUT2D eigenvalue weighted by molar-refractivity contribution is -0.121. The summed E-state index contributed by atoms with van der Waals surface area (Å²) in [6, 6.07) is 7.46. The largest absolute Gasteiger partial charge is 0.355 e. The molecule has 0 fully saturated rings. The van der Waals surface area contributed by atoms with Crippen molar-refractivity contribution < 1.29 is 9.59 Å². The van der Waals surface area contributed by atoms with Gasteiger partial charge in [-0.25, -0.2) is 0 Å². The van der Waals surface area contributed by atoms with Gasteiger partial charge in [0.25, 0.3) is 0 Å². The number of hydrogen-bond acceptors (Lipinski definition) is 3. The van der Waals surface area contributed by atoms with Crippen molar-refractivity contribution in [3.63, 3.8) is 0 Å². The van der Waals surface area contributed by atoms with Gasteiger partial charge in [-0.1, -0.05) is 18.2 Å². The van der Waals surface area contributed by atoms with Gasteiger partial charge in [-0.3, -0.25) is 14.9 Å². The monoisotopic (exact) mass is 261 g/mol. The molecule has 2 rings (SSSR count). The fourth-order valence-corrected chi connectivity index (χ4v) is 2.18. The van der Waals surface area contributed by atoms with Gasteiger partial charge in [0.2, 0.25) is 11.8 Å². The minimum atomic E-state index is -0.324. The SMILES string of the molecule is CCNC(=O)CNC1CCc2ccccc2NC1=O. The van der Waals surface area contributed by atoms with Crippen molar-refractivity contribution in [2.75, 3.05) is 18.4 Å². The van der Waals surface area contributed by atoms with Crippen molar-refractivity contribution in [3.8, 4) is 0 Å². The highest BCUT2D eigenvalue weighted by Crippen LogP contribution is 2.21. The molecule has 0 spiro atoms. The predicted octanol–water partition coefficient (Wildman–Crippen LogP) is 0.666. The summed E-state index contributed by atoms with van der Waals surface area (Å²) in [5.41, 5.74) is 2.01. The van der Waals surface area contributed by atoms with Crippen molar-refractivity contribution >= 4 is 17.5 Å². The molecular weight excluding hydrogens is 242 g/mol. The van der Waals surface area contributed by atoms with Crippen LogP contribution in [0.4, 0.5) is 5.69 Å². The summed E-state index contributed by atoms with van der Waals surface area (Å²) in [4.78, 5) is 23.4. The van der Waals surface area contributed by atoms with Crippen LogP contribution in [0.5, 0.6) is 0 Å². The average molecular weight is 261 g/mol. The van der Waals surface area contributed by atoms with Crippen LogP contribution in [-0.2, 0) is 16.0 Å². The highest BCUT2D eigenvalue weighted by atomic mass is 16.2. The quantitative estimate of drug-likeness (QED) is 0.746. The van der Waals surface area contributed by atoms with Crippen LogP contribution in [0.15, 0.2) is 24.3 Å². The lowest BCUT2D eigenvalue weighted by atomic mass is 10.1. The molecule has 0 aromatic heterocycles. The summed E-state index contributed by atoms with van der Waals surface area (Å²) < 4.78 is 0. The molecule has 2 amide bonds. The Morgan fingerprint density at radius 1 is 1.42 bits per heavy atom. The highest BCUT2D eigenvalue weighted by Gasteiger charge is 2.23. The lowest BCUT2D eigenvalue weighted by Crippen LogP contribution is -2.44. The van der Waals surface area contributed by atoms with E-state index in [1.807, 2.05) is 31.2 Å². The molecule has 0 saturated heterocycles. The zero-order chi connectivity index (χ0) is 13.7. The zero-order valence-electron chi connectivity index (χ0n) is 11.0. The van der Waals surface area contributed by atoms with Crippen LogP contribution in [-0.4, -0.2) is 30.9 Å². The maximum atomic E-state index is 12.0. The Hall–Kier alpha value is -1.88. The van der Waals surface area contributed by atoms with Gasteiger partial charge in [0.1, 0.15) is 0 Å². The van der Waals surface area contributed by atoms with Crippen LogP contribution in [0.1, 0.15) is 18.9 Å². The number of benzene rings is 1. The number of nitrogens with one attached hydrogen (secondary N) is 3. The van der Waals surface area contributed by atoms with Crippen LogP contribution in [0.25, 0.3) is 0 Å². The lowest BCUT2D eigenvalue weighted by Gasteiger charge is -2.14. The molecule has 0 aliphatic carbocycles. The Balaban J connectivity index is 1.95. The van der Waals surface area contributed by atoms with E-state index in [-0.39, 0.29) is 24.4 Å². The molecule has 5 heteroatoms. The second kappa shape index (κ2) is 6.33. The number of anilines is 1. The van der Waals surface area contributed by atoms with Crippen LogP contribution in [0.2, 0.25) is 0 Å². The smallest absolute Gasteiger partial charge is 0.241 e. The van der Waals surface area contributed by atoms with Crippen molar-refractivity contribution in [2.45, 2.75) is 25.8 Å². The molecule has 19 heavy (non-hydrogen) atoms. The predicted molar refractivity (Wildman–Crippen MR) is 73.9 cm³/mol. The molecule has 102 valence electrons. The standard InChI is InChI=1S/C14H19N3O2/c1-2-15-13(18)9-16-12-8-7-10-5-3-4-6-11(10)17-14(12)19/h3-6,12,16H,2,7-9H2,1H3,(H,15,18)(H,17,19). The molecule has 1 aliphatic rings. The van der Waals surface area contributed by atoms with Gasteiger partial charge >= 0.3 is 0 Å². The highest BCUT2D eigenvalue weighted by molar-refractivity contribution is 5.96. The molecule has 0 saturated carbocycles. The van der Waals surface area contributed by atoms with E-state index in [4.69, 9.17) is 0 Å². The molecule has 5 nitrogen and oxygen atoms in total. The van der Waals surface area contributed by atoms with Crippen molar-refractivity contribution in [3.05, 3.63) is 29.8 Å². The maximum Gasteiger partial charge on any atom is 0.241 e. The summed E-state index contributed by atoms with van der Waals surface area (Å²) in [6.45, 7) is 2.64. The van der Waals surface area contributed by atoms with E-state index in [1.165, 1.54) is 0 Å². The Morgan fingerprint density at radius 3 is 3.00 bits per heavy atom. The Labute approximate surface area is 112 Å². The second-order valence-corrected chi connectivity index (χ2v) is 4.57. The van der Waals surface area contributed by atoms with E-state index in [2.05, 4.69) is 16.0 Å². The van der Waals surface area contributed by atoms with Crippen LogP contribution in [0.3, 0.4) is 0 Å². The number of amides is 2. The van der Waals surface area contributed by atoms with Gasteiger partial charge in [0.05, 0.1) is 12.6 Å². The summed E-state index contributed by atoms with van der Waals surface area (Å²) in [6.07, 6.45) is 1.52. The normalized spacial score (nSPS) is 18.2. The van der Waals surface area contributed by atoms with Gasteiger partial charge in [-0.05, 0) is 31.4 Å². The van der Waals surface area contributed by atoms with Crippen molar-refractivity contribution in [2.24, 2.45) is 0 Å². The number of hydrogen-bond donors (Lipinski definition) is 3. The topological polar surface area (TPSA) is 70.2 Å². The molecule has 3 N–H and O–H groups in total. The van der Waals surface area contributed by atoms with Crippen LogP contribution >= 0.6 is 0 Å². The van der Waals surface area contributed by atoms with E-state index < -0.39 is 0 Å². The minimum absolute atomic E-state index is 0.0748. The van der Waals surface area contributed by atoms with E-state index in [1.54, 1.807) is 0 Å². The maximum absolute atomic E-state index is 12.0. The molecule has 0 radical (unpaired) electrons. The van der Waals surface area contributed by atoms with Gasteiger partial charge in [0.15, 0.2) is 0 Å². The van der Waals surface area contributed by atoms with Crippen LogP contribution < -0.4 is 16.0 Å². The number of fused-ring (bicyclic) bond motifs is 1. The van der Waals surface area contributed by atoms with Gasteiger partial charge < -0.3 is 10.6 Å². The number of carbonyl (C=O) groups excluding carboxylic acids is 2. The summed E-state index contributed by atoms with van der Waals surface area (Å²) >= 11 is 0. The molecule has 1 aromatic carbocycles. The first-order valence-corrected chi connectivity index (χ1v) is 6.59. The Bertz CT molecular complexity index is 474. The Kier molecular flexibility index (Phi) is 4.52. The fraction of sp³-hybridized carbons (Fsp3) is 0.429. The molecule has 1 unspecified atom stereocenters. The van der Waals surface area contributed by atoms with E-state index in [9.17, 15) is 9.59 Å². The molecule has 1 atom stereocenters. The number of carbonyl (C=O) groups is 2. The third-order valence-corrected chi connectivity index (χ3v) is 3.18. The molecule has 0 bridgehead atoms. The van der Waals surface area contributed by atoms with Crippen LogP contribution in [0, 0.1) is 0 Å². The number of rotatable bonds is 4. The molecule has 1 heterocycles. The number of para-hydroxylation sites is 1. The minimum Gasteiger partial charge on any atom is -0.355 e. The van der Waals surface area contributed by atoms with E-state index in [0.29, 0.717) is 13.0 Å². The van der Waals surface area contributed by atoms with E-state index >= 15 is 0 Å². The molecule has 1 aliphatic heterocycles. The fourth-order valence-electron chi connectivity index (χ4n) is 2.18. The third-order valence-electron chi connectivity index (χ3n) is 3.18. The summed E-state index contributed by atoms with van der Waals surface area (Å²) in [7, 11) is 0. The molecular formula is C14H19N3O2. The summed E-state index contributed by atoms with van der Waals surface area (Å²) in [5.74, 6) is -0.161. The number of aryl methyl sites for hydroxylation is 1. The zero-order valence-corrected chi connectivity index (χ0v) is 11.0. The first-order valence-electron chi connectivity index (χ1n) is 6.59. The Morgan fingerprint density at radius 2 is 2.21 bits per heavy atom. The van der Waals surface area contributed by atoms with Gasteiger partial charge in [-0.15, -0.1) is 0 Å². The number of likely N-dealkylation sites (N-methyl/N-ethyl adjacent to an activating group) is 1. The van der Waals surface area contributed by atoms with Gasteiger partial charge in [0, 0.05) is 12.2 Å². The second-order valence-electron chi connectivity index (χ2n) is 4.57. The summed E-state index contributed by atoms with van der Waals surface area (Å²) in [5, 5.41) is 8.60. The van der Waals surface area contributed by atoms with Crippen molar-refractivity contribution in [1.29, 1.82) is 0 Å². The average Bonchev–Trinajstić information content (AvgIpc) is 2.55. The third kappa shape index (κ3) is 3.54.